The molecule has 0 atom stereocenters. The summed E-state index contributed by atoms with van der Waals surface area (Å²) in [4.78, 5) is 2.27. The Kier molecular flexibility index (Phi) is 1.94. The van der Waals surface area contributed by atoms with E-state index in [0.717, 1.165) is 17.9 Å². The lowest BCUT2D eigenvalue weighted by Gasteiger charge is -2.43. The van der Waals surface area contributed by atoms with Crippen molar-refractivity contribution in [1.82, 2.24) is 0 Å². The molecule has 1 heterocycles. The van der Waals surface area contributed by atoms with Crippen molar-refractivity contribution in [3.05, 3.63) is 24.0 Å². The lowest BCUT2D eigenvalue weighted by Crippen LogP contribution is -2.50. The van der Waals surface area contributed by atoms with Crippen LogP contribution in [0.3, 0.4) is 0 Å². The second-order valence-electron chi connectivity index (χ2n) is 5.18. The largest absolute Gasteiger partial charge is 0.381 e. The monoisotopic (exact) mass is 220 g/mol. The van der Waals surface area contributed by atoms with Gasteiger partial charge in [-0.05, 0) is 38.8 Å². The van der Waals surface area contributed by atoms with Crippen LogP contribution in [0.15, 0.2) is 18.2 Å². The van der Waals surface area contributed by atoms with Gasteiger partial charge in [0.25, 0.3) is 0 Å². The van der Waals surface area contributed by atoms with Crippen molar-refractivity contribution in [2.24, 2.45) is 0 Å². The van der Waals surface area contributed by atoms with Gasteiger partial charge in [-0.25, -0.2) is 4.39 Å². The molecule has 0 saturated heterocycles. The summed E-state index contributed by atoms with van der Waals surface area (Å²) in [5.41, 5.74) is 1.89. The molecule has 86 valence electrons. The van der Waals surface area contributed by atoms with Crippen molar-refractivity contribution in [2.45, 2.75) is 38.3 Å². The molecule has 16 heavy (non-hydrogen) atoms. The first-order valence-corrected chi connectivity index (χ1v) is 5.96. The Labute approximate surface area is 95.4 Å². The molecule has 1 spiro atoms. The Balaban J connectivity index is 2.14. The number of nitrogens with one attached hydrogen (secondary N) is 1. The molecule has 0 amide bonds. The molecule has 1 N–H and O–H groups in total. The zero-order valence-corrected chi connectivity index (χ0v) is 9.76. The number of rotatable bonds is 1. The fraction of sp³-hybridized carbons (Fsp3) is 0.538. The Morgan fingerprint density at radius 3 is 2.75 bits per heavy atom. The smallest absolute Gasteiger partial charge is 0.148 e. The lowest BCUT2D eigenvalue weighted by atomic mass is 10.0. The molecule has 1 aromatic rings. The highest BCUT2D eigenvalue weighted by atomic mass is 19.1. The summed E-state index contributed by atoms with van der Waals surface area (Å²) in [5, 5.41) is 3.36. The first-order chi connectivity index (χ1) is 7.64. The molecule has 3 heteroatoms. The first kappa shape index (κ1) is 9.94. The van der Waals surface area contributed by atoms with Gasteiger partial charge in [-0.2, -0.15) is 0 Å². The lowest BCUT2D eigenvalue weighted by molar-refractivity contribution is 0.516. The van der Waals surface area contributed by atoms with Gasteiger partial charge in [0.15, 0.2) is 0 Å². The van der Waals surface area contributed by atoms with Crippen LogP contribution in [0.1, 0.15) is 26.7 Å². The zero-order chi connectivity index (χ0) is 11.3. The van der Waals surface area contributed by atoms with Gasteiger partial charge >= 0.3 is 0 Å². The van der Waals surface area contributed by atoms with Crippen LogP contribution in [0.5, 0.6) is 0 Å². The molecular weight excluding hydrogens is 203 g/mol. The average Bonchev–Trinajstić information content (AvgIpc) is 2.99. The molecule has 0 radical (unpaired) electrons. The molecule has 2 aliphatic rings. The number of anilines is 2. The van der Waals surface area contributed by atoms with Gasteiger partial charge in [0.05, 0.1) is 16.9 Å². The predicted molar refractivity (Wildman–Crippen MR) is 64.5 cm³/mol. The molecule has 1 aliphatic carbocycles. The summed E-state index contributed by atoms with van der Waals surface area (Å²) in [6, 6.07) is 5.63. The van der Waals surface area contributed by atoms with E-state index in [1.54, 1.807) is 12.1 Å². The summed E-state index contributed by atoms with van der Waals surface area (Å²) in [7, 11) is 0. The van der Waals surface area contributed by atoms with Crippen LogP contribution in [-0.4, -0.2) is 18.1 Å². The predicted octanol–water partition coefficient (Wildman–Crippen LogP) is 3.00. The van der Waals surface area contributed by atoms with Crippen LogP contribution >= 0.6 is 0 Å². The molecule has 3 rings (SSSR count). The highest BCUT2D eigenvalue weighted by Crippen LogP contribution is 2.50. The van der Waals surface area contributed by atoms with E-state index < -0.39 is 0 Å². The summed E-state index contributed by atoms with van der Waals surface area (Å²) >= 11 is 0. The van der Waals surface area contributed by atoms with E-state index in [1.165, 1.54) is 12.8 Å². The van der Waals surface area contributed by atoms with Gasteiger partial charge in [0.2, 0.25) is 0 Å². The normalized spacial score (nSPS) is 20.9. The molecule has 1 aromatic carbocycles. The Morgan fingerprint density at radius 1 is 1.38 bits per heavy atom. The number of para-hydroxylation sites is 1. The van der Waals surface area contributed by atoms with Crippen molar-refractivity contribution in [2.75, 3.05) is 16.8 Å². The summed E-state index contributed by atoms with van der Waals surface area (Å²) in [6.07, 6.45) is 2.35. The van der Waals surface area contributed by atoms with E-state index in [0.29, 0.717) is 6.04 Å². The zero-order valence-electron chi connectivity index (χ0n) is 9.76. The van der Waals surface area contributed by atoms with E-state index in [4.69, 9.17) is 0 Å². The quantitative estimate of drug-likeness (QED) is 0.782. The van der Waals surface area contributed by atoms with Gasteiger partial charge in [-0.1, -0.05) is 6.07 Å². The van der Waals surface area contributed by atoms with Gasteiger partial charge < -0.3 is 10.2 Å². The van der Waals surface area contributed by atoms with E-state index in [-0.39, 0.29) is 11.4 Å². The minimum absolute atomic E-state index is 0.107. The summed E-state index contributed by atoms with van der Waals surface area (Å²) in [5.74, 6) is -0.107. The van der Waals surface area contributed by atoms with Crippen molar-refractivity contribution in [3.8, 4) is 0 Å². The molecular formula is C13H17FN2. The fourth-order valence-electron chi connectivity index (χ4n) is 2.85. The first-order valence-electron chi connectivity index (χ1n) is 5.96. The molecule has 1 saturated carbocycles. The van der Waals surface area contributed by atoms with E-state index in [2.05, 4.69) is 24.1 Å². The van der Waals surface area contributed by atoms with Crippen LogP contribution in [0.4, 0.5) is 15.8 Å². The molecule has 2 nitrogen and oxygen atoms in total. The average molecular weight is 220 g/mol. The minimum Gasteiger partial charge on any atom is -0.381 e. The molecule has 1 aliphatic heterocycles. The van der Waals surface area contributed by atoms with Crippen molar-refractivity contribution < 1.29 is 4.39 Å². The van der Waals surface area contributed by atoms with Gasteiger partial charge in [0, 0.05) is 12.6 Å². The number of benzene rings is 1. The van der Waals surface area contributed by atoms with Crippen molar-refractivity contribution in [1.29, 1.82) is 0 Å². The maximum Gasteiger partial charge on any atom is 0.148 e. The summed E-state index contributed by atoms with van der Waals surface area (Å²) < 4.78 is 14.0. The highest BCUT2D eigenvalue weighted by Gasteiger charge is 2.52. The third-order valence-electron chi connectivity index (χ3n) is 3.69. The van der Waals surface area contributed by atoms with Crippen LogP contribution in [0, 0.1) is 5.82 Å². The number of nitrogens with zero attached hydrogens (tertiary/aromatic N) is 1. The highest BCUT2D eigenvalue weighted by molar-refractivity contribution is 5.75. The topological polar surface area (TPSA) is 15.3 Å². The summed E-state index contributed by atoms with van der Waals surface area (Å²) in [6.45, 7) is 5.23. The number of halogens is 1. The minimum atomic E-state index is -0.107. The molecule has 0 bridgehead atoms. The standard InChI is InChI=1S/C13H17FN2/c1-9(2)16-12-10(14)4-3-5-11(12)15-8-13(16)6-7-13/h3-5,9,15H,6-8H2,1-2H3. The molecule has 1 fully saturated rings. The van der Waals surface area contributed by atoms with E-state index in [1.807, 2.05) is 6.07 Å². The molecule has 0 unspecified atom stereocenters. The Bertz CT molecular complexity index is 424. The maximum atomic E-state index is 14.0. The fourth-order valence-corrected chi connectivity index (χ4v) is 2.85. The van der Waals surface area contributed by atoms with E-state index >= 15 is 0 Å². The Morgan fingerprint density at radius 2 is 2.12 bits per heavy atom. The van der Waals surface area contributed by atoms with Crippen molar-refractivity contribution >= 4 is 11.4 Å². The third kappa shape index (κ3) is 1.24. The molecule has 0 aromatic heterocycles. The second-order valence-corrected chi connectivity index (χ2v) is 5.18. The third-order valence-corrected chi connectivity index (χ3v) is 3.69. The second kappa shape index (κ2) is 3.12. The maximum absolute atomic E-state index is 14.0. The number of hydrogen-bond donors (Lipinski definition) is 1. The van der Waals surface area contributed by atoms with Gasteiger partial charge in [0.1, 0.15) is 5.82 Å². The van der Waals surface area contributed by atoms with Crippen LogP contribution < -0.4 is 10.2 Å². The van der Waals surface area contributed by atoms with E-state index in [9.17, 15) is 4.39 Å². The Hall–Kier alpha value is -1.25. The number of hydrogen-bond acceptors (Lipinski definition) is 2. The van der Waals surface area contributed by atoms with Crippen LogP contribution in [0.2, 0.25) is 0 Å². The van der Waals surface area contributed by atoms with Crippen molar-refractivity contribution in [3.63, 3.8) is 0 Å². The SMILES string of the molecule is CC(C)N1c2c(F)cccc2NCC12CC2. The number of fused-ring (bicyclic) bond motifs is 1. The van der Waals surface area contributed by atoms with Crippen LogP contribution in [-0.2, 0) is 0 Å². The van der Waals surface area contributed by atoms with Gasteiger partial charge in [-0.15, -0.1) is 0 Å². The van der Waals surface area contributed by atoms with Gasteiger partial charge in [-0.3, -0.25) is 0 Å². The van der Waals surface area contributed by atoms with Crippen LogP contribution in [0.25, 0.3) is 0 Å².